The highest BCUT2D eigenvalue weighted by Gasteiger charge is 2.16. The average Bonchev–Trinajstić information content (AvgIpc) is 2.84. The molecule has 1 aliphatic rings. The van der Waals surface area contributed by atoms with Gasteiger partial charge in [-0.05, 0) is 37.8 Å². The van der Waals surface area contributed by atoms with Crippen LogP contribution in [0.2, 0.25) is 0 Å². The second-order valence-electron chi connectivity index (χ2n) is 5.56. The molecule has 1 aromatic heterocycles. The van der Waals surface area contributed by atoms with Crippen LogP contribution in [0.25, 0.3) is 0 Å². The standard InChI is InChI=1S/C13H24N4/c1-10(2)8-12-15-13(17(3)16-12)5-4-11-6-7-14-9-11/h10-11,14H,4-9H2,1-3H3. The molecule has 4 heteroatoms. The van der Waals surface area contributed by atoms with E-state index in [4.69, 9.17) is 0 Å². The van der Waals surface area contributed by atoms with Crippen molar-refractivity contribution in [2.75, 3.05) is 13.1 Å². The minimum Gasteiger partial charge on any atom is -0.316 e. The molecule has 1 fully saturated rings. The molecule has 1 saturated heterocycles. The highest BCUT2D eigenvalue weighted by atomic mass is 15.3. The van der Waals surface area contributed by atoms with E-state index in [9.17, 15) is 0 Å². The van der Waals surface area contributed by atoms with Crippen LogP contribution in [0.15, 0.2) is 0 Å². The Hall–Kier alpha value is -0.900. The van der Waals surface area contributed by atoms with E-state index in [1.54, 1.807) is 0 Å². The first-order valence-corrected chi connectivity index (χ1v) is 6.74. The summed E-state index contributed by atoms with van der Waals surface area (Å²) in [5.74, 6) is 3.61. The van der Waals surface area contributed by atoms with Gasteiger partial charge < -0.3 is 5.32 Å². The van der Waals surface area contributed by atoms with Gasteiger partial charge in [0.1, 0.15) is 5.82 Å². The van der Waals surface area contributed by atoms with Gasteiger partial charge in [0.15, 0.2) is 5.82 Å². The molecule has 0 amide bonds. The Morgan fingerprint density at radius 2 is 2.29 bits per heavy atom. The molecule has 0 aliphatic carbocycles. The Morgan fingerprint density at radius 1 is 1.47 bits per heavy atom. The lowest BCUT2D eigenvalue weighted by Crippen LogP contribution is -2.10. The molecular weight excluding hydrogens is 212 g/mol. The summed E-state index contributed by atoms with van der Waals surface area (Å²) in [6.45, 7) is 6.78. The van der Waals surface area contributed by atoms with E-state index in [1.165, 1.54) is 25.9 Å². The maximum Gasteiger partial charge on any atom is 0.151 e. The molecule has 1 aliphatic heterocycles. The van der Waals surface area contributed by atoms with Crippen LogP contribution >= 0.6 is 0 Å². The normalized spacial score (nSPS) is 20.4. The van der Waals surface area contributed by atoms with Crippen molar-refractivity contribution in [3.8, 4) is 0 Å². The molecular formula is C13H24N4. The number of hydrogen-bond acceptors (Lipinski definition) is 3. The first-order valence-electron chi connectivity index (χ1n) is 6.74. The maximum absolute atomic E-state index is 4.64. The van der Waals surface area contributed by atoms with E-state index >= 15 is 0 Å². The van der Waals surface area contributed by atoms with Crippen molar-refractivity contribution < 1.29 is 0 Å². The van der Waals surface area contributed by atoms with Crippen molar-refractivity contribution in [3.05, 3.63) is 11.6 Å². The van der Waals surface area contributed by atoms with Crippen LogP contribution in [0.4, 0.5) is 0 Å². The van der Waals surface area contributed by atoms with Gasteiger partial charge >= 0.3 is 0 Å². The van der Waals surface area contributed by atoms with E-state index in [-0.39, 0.29) is 0 Å². The van der Waals surface area contributed by atoms with Crippen LogP contribution in [0.1, 0.15) is 38.3 Å². The summed E-state index contributed by atoms with van der Waals surface area (Å²) in [7, 11) is 2.01. The van der Waals surface area contributed by atoms with Gasteiger partial charge in [0.25, 0.3) is 0 Å². The van der Waals surface area contributed by atoms with Crippen LogP contribution in [-0.2, 0) is 19.9 Å². The zero-order chi connectivity index (χ0) is 12.3. The van der Waals surface area contributed by atoms with Crippen molar-refractivity contribution in [3.63, 3.8) is 0 Å². The molecule has 0 radical (unpaired) electrons. The zero-order valence-corrected chi connectivity index (χ0v) is 11.2. The third-order valence-electron chi connectivity index (χ3n) is 3.43. The first kappa shape index (κ1) is 12.6. The lowest BCUT2D eigenvalue weighted by molar-refractivity contribution is 0.515. The molecule has 96 valence electrons. The zero-order valence-electron chi connectivity index (χ0n) is 11.2. The molecule has 0 spiro atoms. The van der Waals surface area contributed by atoms with E-state index in [2.05, 4.69) is 29.2 Å². The Labute approximate surface area is 104 Å². The SMILES string of the molecule is CC(C)Cc1nc(CCC2CCNC2)n(C)n1. The van der Waals surface area contributed by atoms with Gasteiger partial charge in [0.2, 0.25) is 0 Å². The summed E-state index contributed by atoms with van der Waals surface area (Å²) in [6, 6.07) is 0. The number of aromatic nitrogens is 3. The molecule has 2 heterocycles. The molecule has 17 heavy (non-hydrogen) atoms. The molecule has 4 nitrogen and oxygen atoms in total. The molecule has 0 saturated carbocycles. The Balaban J connectivity index is 1.88. The maximum atomic E-state index is 4.64. The van der Waals surface area contributed by atoms with Crippen LogP contribution in [0, 0.1) is 11.8 Å². The van der Waals surface area contributed by atoms with Gasteiger partial charge in [0, 0.05) is 19.9 Å². The van der Waals surface area contributed by atoms with Gasteiger partial charge in [-0.1, -0.05) is 13.8 Å². The van der Waals surface area contributed by atoms with Gasteiger partial charge in [-0.25, -0.2) is 4.98 Å². The summed E-state index contributed by atoms with van der Waals surface area (Å²) in [5, 5.41) is 7.90. The predicted molar refractivity (Wildman–Crippen MR) is 68.8 cm³/mol. The fraction of sp³-hybridized carbons (Fsp3) is 0.846. The molecule has 2 rings (SSSR count). The molecule has 1 unspecified atom stereocenters. The second kappa shape index (κ2) is 5.63. The Morgan fingerprint density at radius 3 is 2.94 bits per heavy atom. The quantitative estimate of drug-likeness (QED) is 0.843. The summed E-state index contributed by atoms with van der Waals surface area (Å²) < 4.78 is 1.96. The van der Waals surface area contributed by atoms with Gasteiger partial charge in [-0.2, -0.15) is 5.10 Å². The molecule has 1 atom stereocenters. The van der Waals surface area contributed by atoms with E-state index in [0.717, 1.165) is 30.4 Å². The topological polar surface area (TPSA) is 42.7 Å². The van der Waals surface area contributed by atoms with Gasteiger partial charge in [-0.3, -0.25) is 4.68 Å². The van der Waals surface area contributed by atoms with Crippen LogP contribution in [0.3, 0.4) is 0 Å². The predicted octanol–water partition coefficient (Wildman–Crippen LogP) is 1.56. The van der Waals surface area contributed by atoms with Gasteiger partial charge in [-0.15, -0.1) is 0 Å². The molecule has 0 bridgehead atoms. The summed E-state index contributed by atoms with van der Waals surface area (Å²) in [4.78, 5) is 4.64. The highest BCUT2D eigenvalue weighted by molar-refractivity contribution is 4.94. The van der Waals surface area contributed by atoms with E-state index in [0.29, 0.717) is 5.92 Å². The average molecular weight is 236 g/mol. The lowest BCUT2D eigenvalue weighted by atomic mass is 10.0. The molecule has 1 aromatic rings. The summed E-state index contributed by atoms with van der Waals surface area (Å²) >= 11 is 0. The highest BCUT2D eigenvalue weighted by Crippen LogP contribution is 2.15. The number of nitrogens with zero attached hydrogens (tertiary/aromatic N) is 3. The minimum atomic E-state index is 0.629. The van der Waals surface area contributed by atoms with E-state index < -0.39 is 0 Å². The van der Waals surface area contributed by atoms with Crippen molar-refractivity contribution in [2.24, 2.45) is 18.9 Å². The van der Waals surface area contributed by atoms with Crippen molar-refractivity contribution >= 4 is 0 Å². The summed E-state index contributed by atoms with van der Waals surface area (Å²) in [5.41, 5.74) is 0. The molecule has 1 N–H and O–H groups in total. The smallest absolute Gasteiger partial charge is 0.151 e. The van der Waals surface area contributed by atoms with E-state index in [1.807, 2.05) is 11.7 Å². The van der Waals surface area contributed by atoms with Crippen molar-refractivity contribution in [1.82, 2.24) is 20.1 Å². The third kappa shape index (κ3) is 3.53. The van der Waals surface area contributed by atoms with Crippen LogP contribution < -0.4 is 5.32 Å². The monoisotopic (exact) mass is 236 g/mol. The molecule has 0 aromatic carbocycles. The fourth-order valence-electron chi connectivity index (χ4n) is 2.44. The number of nitrogens with one attached hydrogen (secondary N) is 1. The van der Waals surface area contributed by atoms with Crippen molar-refractivity contribution in [2.45, 2.75) is 39.5 Å². The fourth-order valence-corrected chi connectivity index (χ4v) is 2.44. The Kier molecular flexibility index (Phi) is 4.15. The van der Waals surface area contributed by atoms with Crippen molar-refractivity contribution in [1.29, 1.82) is 0 Å². The number of aryl methyl sites for hydroxylation is 2. The number of hydrogen-bond donors (Lipinski definition) is 1. The lowest BCUT2D eigenvalue weighted by Gasteiger charge is -2.06. The van der Waals surface area contributed by atoms with Gasteiger partial charge in [0.05, 0.1) is 0 Å². The third-order valence-corrected chi connectivity index (χ3v) is 3.43. The first-order chi connectivity index (χ1) is 8.15. The summed E-state index contributed by atoms with van der Waals surface area (Å²) in [6.07, 6.45) is 4.60. The van der Waals surface area contributed by atoms with Crippen LogP contribution in [0.5, 0.6) is 0 Å². The number of rotatable bonds is 5. The minimum absolute atomic E-state index is 0.629. The van der Waals surface area contributed by atoms with Crippen LogP contribution in [-0.4, -0.2) is 27.9 Å². The Bertz CT molecular complexity index is 350. The largest absolute Gasteiger partial charge is 0.316 e. The second-order valence-corrected chi connectivity index (χ2v) is 5.56.